The second kappa shape index (κ2) is 6.88. The van der Waals surface area contributed by atoms with Crippen LogP contribution < -0.4 is 0 Å². The number of carbonyl (C=O) groups is 1. The summed E-state index contributed by atoms with van der Waals surface area (Å²) in [5.74, 6) is -0.0343. The minimum atomic E-state index is -0.526. The highest BCUT2D eigenvalue weighted by Crippen LogP contribution is 2.27. The van der Waals surface area contributed by atoms with E-state index in [9.17, 15) is 4.79 Å². The maximum absolute atomic E-state index is 12.2. The smallest absolute Gasteiger partial charge is 0.374 e. The van der Waals surface area contributed by atoms with E-state index in [1.807, 2.05) is 0 Å². The maximum Gasteiger partial charge on any atom is 0.374 e. The van der Waals surface area contributed by atoms with Crippen molar-refractivity contribution < 1.29 is 13.9 Å². The summed E-state index contributed by atoms with van der Waals surface area (Å²) >= 11 is 5.80. The van der Waals surface area contributed by atoms with Crippen LogP contribution in [0, 0.1) is 17.2 Å². The first-order valence-corrected chi connectivity index (χ1v) is 7.91. The fourth-order valence-corrected chi connectivity index (χ4v) is 2.89. The zero-order valence-corrected chi connectivity index (χ0v) is 13.2. The van der Waals surface area contributed by atoms with Crippen molar-refractivity contribution in [2.45, 2.75) is 38.3 Å². The third kappa shape index (κ3) is 3.74. The van der Waals surface area contributed by atoms with Crippen LogP contribution >= 0.6 is 11.6 Å². The average molecular weight is 334 g/mol. The third-order valence-corrected chi connectivity index (χ3v) is 4.10. The van der Waals surface area contributed by atoms with E-state index in [1.54, 1.807) is 23.0 Å². The molecule has 0 aliphatic heterocycles. The zero-order valence-electron chi connectivity index (χ0n) is 12.4. The monoisotopic (exact) mass is 333 g/mol. The molecule has 0 amide bonds. The summed E-state index contributed by atoms with van der Waals surface area (Å²) in [6.45, 7) is 0.379. The summed E-state index contributed by atoms with van der Waals surface area (Å²) in [5, 5.41) is 13.7. The van der Waals surface area contributed by atoms with Gasteiger partial charge in [0.05, 0.1) is 29.8 Å². The van der Waals surface area contributed by atoms with Crippen molar-refractivity contribution in [2.24, 2.45) is 5.92 Å². The van der Waals surface area contributed by atoms with Crippen LogP contribution in [0.5, 0.6) is 0 Å². The molecule has 1 fully saturated rings. The molecule has 2 heterocycles. The minimum Gasteiger partial charge on any atom is -0.455 e. The molecule has 0 bridgehead atoms. The summed E-state index contributed by atoms with van der Waals surface area (Å²) in [7, 11) is 0. The molecule has 2 atom stereocenters. The van der Waals surface area contributed by atoms with Gasteiger partial charge in [0.1, 0.15) is 11.9 Å². The Balaban J connectivity index is 1.63. The van der Waals surface area contributed by atoms with Crippen molar-refractivity contribution in [3.63, 3.8) is 0 Å². The molecule has 0 radical (unpaired) electrons. The van der Waals surface area contributed by atoms with Crippen LogP contribution in [0.25, 0.3) is 0 Å². The summed E-state index contributed by atoms with van der Waals surface area (Å²) < 4.78 is 12.6. The molecule has 0 aromatic carbocycles. The number of aromatic nitrogens is 2. The van der Waals surface area contributed by atoms with Gasteiger partial charge in [0, 0.05) is 6.20 Å². The lowest BCUT2D eigenvalue weighted by molar-refractivity contribution is 0.00735. The predicted octanol–water partition coefficient (Wildman–Crippen LogP) is 3.42. The van der Waals surface area contributed by atoms with Crippen LogP contribution in [0.1, 0.15) is 42.0 Å². The number of ether oxygens (including phenoxy) is 1. The minimum absolute atomic E-state index is 0.139. The molecule has 2 aromatic rings. The second-order valence-corrected chi connectivity index (χ2v) is 6.02. The number of hydrogen-bond acceptors (Lipinski definition) is 5. The van der Waals surface area contributed by atoms with E-state index >= 15 is 0 Å². The van der Waals surface area contributed by atoms with Crippen molar-refractivity contribution in [3.05, 3.63) is 41.1 Å². The van der Waals surface area contributed by atoms with Gasteiger partial charge < -0.3 is 9.15 Å². The molecule has 1 aliphatic carbocycles. The molecule has 120 valence electrons. The van der Waals surface area contributed by atoms with Crippen molar-refractivity contribution >= 4 is 17.6 Å². The SMILES string of the molecule is N#C[C@@H]1CCCC[C@@H]1OC(=O)c1ccc(Cn2cc(Cl)cn2)o1. The zero-order chi connectivity index (χ0) is 16.2. The van der Waals surface area contributed by atoms with Gasteiger partial charge in [-0.3, -0.25) is 4.68 Å². The van der Waals surface area contributed by atoms with Crippen molar-refractivity contribution in [3.8, 4) is 6.07 Å². The normalized spacial score (nSPS) is 20.9. The van der Waals surface area contributed by atoms with Crippen LogP contribution in [-0.4, -0.2) is 21.9 Å². The lowest BCUT2D eigenvalue weighted by Crippen LogP contribution is -2.29. The number of hydrogen-bond donors (Lipinski definition) is 0. The van der Waals surface area contributed by atoms with E-state index < -0.39 is 5.97 Å². The summed E-state index contributed by atoms with van der Waals surface area (Å²) in [6, 6.07) is 5.50. The van der Waals surface area contributed by atoms with Gasteiger partial charge in [-0.05, 0) is 31.4 Å². The Labute approximate surface area is 138 Å². The first-order chi connectivity index (χ1) is 11.2. The lowest BCUT2D eigenvalue weighted by atomic mass is 9.87. The predicted molar refractivity (Wildman–Crippen MR) is 81.8 cm³/mol. The highest BCUT2D eigenvalue weighted by atomic mass is 35.5. The molecular weight excluding hydrogens is 318 g/mol. The van der Waals surface area contributed by atoms with Gasteiger partial charge in [-0.25, -0.2) is 4.79 Å². The first-order valence-electron chi connectivity index (χ1n) is 7.53. The molecule has 1 aliphatic rings. The fourth-order valence-electron chi connectivity index (χ4n) is 2.74. The van der Waals surface area contributed by atoms with Crippen LogP contribution in [-0.2, 0) is 11.3 Å². The largest absolute Gasteiger partial charge is 0.455 e. The number of rotatable bonds is 4. The lowest BCUT2D eigenvalue weighted by Gasteiger charge is -2.25. The Hall–Kier alpha value is -2.26. The Kier molecular flexibility index (Phi) is 4.68. The molecule has 0 unspecified atom stereocenters. The molecule has 2 aromatic heterocycles. The van der Waals surface area contributed by atoms with E-state index in [1.165, 1.54) is 6.20 Å². The second-order valence-electron chi connectivity index (χ2n) is 5.59. The molecule has 23 heavy (non-hydrogen) atoms. The number of nitriles is 1. The molecule has 1 saturated carbocycles. The van der Waals surface area contributed by atoms with Crippen LogP contribution in [0.15, 0.2) is 28.9 Å². The summed E-state index contributed by atoms with van der Waals surface area (Å²) in [6.07, 6.45) is 6.33. The topological polar surface area (TPSA) is 81.0 Å². The van der Waals surface area contributed by atoms with Gasteiger partial charge >= 0.3 is 5.97 Å². The van der Waals surface area contributed by atoms with Crippen LogP contribution in [0.4, 0.5) is 0 Å². The van der Waals surface area contributed by atoms with Crippen molar-refractivity contribution in [1.29, 1.82) is 5.26 Å². The maximum atomic E-state index is 12.2. The summed E-state index contributed by atoms with van der Waals surface area (Å²) in [5.41, 5.74) is 0. The molecule has 7 heteroatoms. The number of carbonyl (C=O) groups excluding carboxylic acids is 1. The molecular formula is C16H16ClN3O3. The number of halogens is 1. The highest BCUT2D eigenvalue weighted by Gasteiger charge is 2.29. The van der Waals surface area contributed by atoms with Gasteiger partial charge in [-0.1, -0.05) is 18.0 Å². The molecule has 0 saturated heterocycles. The van der Waals surface area contributed by atoms with Gasteiger partial charge in [0.25, 0.3) is 0 Å². The van der Waals surface area contributed by atoms with Gasteiger partial charge in [0.15, 0.2) is 0 Å². The fraction of sp³-hybridized carbons (Fsp3) is 0.438. The number of furan rings is 1. The van der Waals surface area contributed by atoms with Crippen LogP contribution in [0.3, 0.4) is 0 Å². The first kappa shape index (κ1) is 15.6. The quantitative estimate of drug-likeness (QED) is 0.801. The molecule has 0 N–H and O–H groups in total. The Morgan fingerprint density at radius 2 is 2.30 bits per heavy atom. The molecule has 6 nitrogen and oxygen atoms in total. The third-order valence-electron chi connectivity index (χ3n) is 3.91. The number of esters is 1. The standard InChI is InChI=1S/C16H16ClN3O3/c17-12-8-19-20(9-12)10-13-5-6-15(22-13)16(21)23-14-4-2-1-3-11(14)7-18/h5-6,8-9,11,14H,1-4,10H2/t11-,14-/m0/s1. The molecule has 3 rings (SSSR count). The van der Waals surface area contributed by atoms with E-state index in [4.69, 9.17) is 26.0 Å². The van der Waals surface area contributed by atoms with E-state index in [0.29, 0.717) is 17.3 Å². The average Bonchev–Trinajstić information content (AvgIpc) is 3.17. The van der Waals surface area contributed by atoms with Crippen molar-refractivity contribution in [1.82, 2.24) is 9.78 Å². The van der Waals surface area contributed by atoms with Gasteiger partial charge in [0.2, 0.25) is 5.76 Å². The van der Waals surface area contributed by atoms with E-state index in [0.717, 1.165) is 25.7 Å². The van der Waals surface area contributed by atoms with Gasteiger partial charge in [-0.15, -0.1) is 0 Å². The van der Waals surface area contributed by atoms with Crippen LogP contribution in [0.2, 0.25) is 5.02 Å². The highest BCUT2D eigenvalue weighted by molar-refractivity contribution is 6.30. The molecule has 0 spiro atoms. The number of nitrogens with zero attached hydrogens (tertiary/aromatic N) is 3. The Bertz CT molecular complexity index is 731. The Morgan fingerprint density at radius 3 is 3.04 bits per heavy atom. The van der Waals surface area contributed by atoms with Gasteiger partial charge in [-0.2, -0.15) is 10.4 Å². The Morgan fingerprint density at radius 1 is 1.48 bits per heavy atom. The van der Waals surface area contributed by atoms with Crippen molar-refractivity contribution in [2.75, 3.05) is 0 Å². The summed E-state index contributed by atoms with van der Waals surface area (Å²) in [4.78, 5) is 12.2. The van der Waals surface area contributed by atoms with E-state index in [-0.39, 0.29) is 17.8 Å². The van der Waals surface area contributed by atoms with E-state index in [2.05, 4.69) is 11.2 Å².